The Hall–Kier alpha value is -2.11. The maximum atomic E-state index is 4.42. The van der Waals surface area contributed by atoms with Crippen molar-refractivity contribution in [2.24, 2.45) is 0 Å². The third-order valence-electron chi connectivity index (χ3n) is 2.50. The molecule has 0 radical (unpaired) electrons. The Kier molecular flexibility index (Phi) is 3.00. The van der Waals surface area contributed by atoms with Crippen molar-refractivity contribution >= 4 is 16.3 Å². The summed E-state index contributed by atoms with van der Waals surface area (Å²) in [5.41, 5.74) is 4.87. The van der Waals surface area contributed by atoms with Crippen molar-refractivity contribution < 1.29 is 0 Å². The van der Waals surface area contributed by atoms with Crippen LogP contribution in [0.15, 0.2) is 61.0 Å². The molecule has 1 aromatic carbocycles. The first-order chi connectivity index (χ1) is 7.83. The fourth-order valence-corrected chi connectivity index (χ4v) is 1.70. The number of hydrogen-bond donors (Lipinski definition) is 0. The van der Waals surface area contributed by atoms with Gasteiger partial charge in [0.2, 0.25) is 0 Å². The molecular formula is C15H13N. The Morgan fingerprint density at radius 1 is 1.31 bits per heavy atom. The van der Waals surface area contributed by atoms with E-state index < -0.39 is 0 Å². The van der Waals surface area contributed by atoms with Crippen molar-refractivity contribution in [3.05, 3.63) is 66.7 Å². The van der Waals surface area contributed by atoms with Gasteiger partial charge in [-0.15, -0.1) is 5.73 Å². The second-order valence-electron chi connectivity index (χ2n) is 3.60. The van der Waals surface area contributed by atoms with Gasteiger partial charge in [-0.2, -0.15) is 0 Å². The molecular weight excluding hydrogens is 194 g/mol. The molecule has 0 aliphatic heterocycles. The predicted molar refractivity (Wildman–Crippen MR) is 69.1 cm³/mol. The van der Waals surface area contributed by atoms with Gasteiger partial charge in [-0.1, -0.05) is 30.8 Å². The maximum Gasteiger partial charge on any atom is 0.0737 e. The van der Waals surface area contributed by atoms with E-state index in [-0.39, 0.29) is 0 Å². The number of allylic oxidation sites excluding steroid dienone is 3. The maximum absolute atomic E-state index is 4.42. The summed E-state index contributed by atoms with van der Waals surface area (Å²) in [7, 11) is 0. The second-order valence-corrected chi connectivity index (χ2v) is 3.60. The number of fused-ring (bicyclic) bond motifs is 1. The van der Waals surface area contributed by atoms with Crippen LogP contribution in [0.3, 0.4) is 0 Å². The third kappa shape index (κ3) is 1.95. The zero-order valence-corrected chi connectivity index (χ0v) is 9.27. The van der Waals surface area contributed by atoms with E-state index in [9.17, 15) is 0 Å². The summed E-state index contributed by atoms with van der Waals surface area (Å²) in [6, 6.07) is 10.3. The van der Waals surface area contributed by atoms with Crippen molar-refractivity contribution in [1.82, 2.24) is 4.98 Å². The first-order valence-corrected chi connectivity index (χ1v) is 5.20. The Balaban J connectivity index is 2.65. The molecule has 0 saturated carbocycles. The molecule has 0 amide bonds. The molecule has 1 heteroatoms. The highest BCUT2D eigenvalue weighted by Gasteiger charge is 2.02. The molecule has 0 saturated heterocycles. The summed E-state index contributed by atoms with van der Waals surface area (Å²) in [4.78, 5) is 4.42. The highest BCUT2D eigenvalue weighted by Crippen LogP contribution is 2.22. The van der Waals surface area contributed by atoms with E-state index in [1.54, 1.807) is 6.08 Å². The van der Waals surface area contributed by atoms with Crippen LogP contribution in [0.1, 0.15) is 12.6 Å². The number of benzene rings is 1. The largest absolute Gasteiger partial charge is 0.256 e. The number of hydrogen-bond acceptors (Lipinski definition) is 1. The van der Waals surface area contributed by atoms with Crippen molar-refractivity contribution in [1.29, 1.82) is 0 Å². The molecule has 0 spiro atoms. The van der Waals surface area contributed by atoms with Gasteiger partial charge < -0.3 is 0 Å². The molecule has 1 nitrogen and oxygen atoms in total. The summed E-state index contributed by atoms with van der Waals surface area (Å²) in [5, 5.41) is 2.39. The first kappa shape index (κ1) is 10.4. The SMILES string of the molecule is C=C=C/C=C(\C)c1nccc2ccccc12. The smallest absolute Gasteiger partial charge is 0.0737 e. The summed E-state index contributed by atoms with van der Waals surface area (Å²) in [6.45, 7) is 5.59. The topological polar surface area (TPSA) is 12.9 Å². The fourth-order valence-electron chi connectivity index (χ4n) is 1.70. The average Bonchev–Trinajstić information content (AvgIpc) is 2.35. The number of pyridine rings is 1. The molecule has 0 atom stereocenters. The molecule has 0 unspecified atom stereocenters. The van der Waals surface area contributed by atoms with E-state index >= 15 is 0 Å². The van der Waals surface area contributed by atoms with Crippen molar-refractivity contribution in [3.8, 4) is 0 Å². The van der Waals surface area contributed by atoms with Gasteiger partial charge in [-0.25, -0.2) is 0 Å². The molecule has 78 valence electrons. The highest BCUT2D eigenvalue weighted by molar-refractivity contribution is 5.91. The quantitative estimate of drug-likeness (QED) is 0.536. The standard InChI is InChI=1S/C15H13N/c1-3-4-7-12(2)15-14-9-6-5-8-13(14)10-11-16-15/h4-11H,1H2,2H3/b12-7+. The van der Waals surface area contributed by atoms with Crippen LogP contribution in [-0.4, -0.2) is 4.98 Å². The number of rotatable bonds is 2. The van der Waals surface area contributed by atoms with E-state index in [0.29, 0.717) is 0 Å². The third-order valence-corrected chi connectivity index (χ3v) is 2.50. The van der Waals surface area contributed by atoms with Crippen molar-refractivity contribution in [2.45, 2.75) is 6.92 Å². The monoisotopic (exact) mass is 207 g/mol. The van der Waals surface area contributed by atoms with Crippen molar-refractivity contribution in [3.63, 3.8) is 0 Å². The van der Waals surface area contributed by atoms with Gasteiger partial charge in [-0.3, -0.25) is 4.98 Å². The summed E-state index contributed by atoms with van der Waals surface area (Å²) < 4.78 is 0. The van der Waals surface area contributed by atoms with Crippen LogP contribution >= 0.6 is 0 Å². The van der Waals surface area contributed by atoms with Crippen LogP contribution in [0, 0.1) is 0 Å². The predicted octanol–water partition coefficient (Wildman–Crippen LogP) is 3.98. The highest BCUT2D eigenvalue weighted by atomic mass is 14.7. The molecule has 2 rings (SSSR count). The zero-order chi connectivity index (χ0) is 11.4. The molecule has 1 heterocycles. The van der Waals surface area contributed by atoms with Gasteiger partial charge in [-0.05, 0) is 36.1 Å². The molecule has 0 aliphatic rings. The van der Waals surface area contributed by atoms with Gasteiger partial charge in [0.1, 0.15) is 0 Å². The van der Waals surface area contributed by atoms with Gasteiger partial charge >= 0.3 is 0 Å². The number of nitrogens with zero attached hydrogens (tertiary/aromatic N) is 1. The summed E-state index contributed by atoms with van der Waals surface area (Å²) >= 11 is 0. The molecule has 1 aromatic heterocycles. The first-order valence-electron chi connectivity index (χ1n) is 5.20. The van der Waals surface area contributed by atoms with Gasteiger partial charge in [0.15, 0.2) is 0 Å². The molecule has 2 aromatic rings. The minimum Gasteiger partial charge on any atom is -0.256 e. The van der Waals surface area contributed by atoms with Crippen LogP contribution in [0.4, 0.5) is 0 Å². The fraction of sp³-hybridized carbons (Fsp3) is 0.0667. The van der Waals surface area contributed by atoms with Crippen LogP contribution in [-0.2, 0) is 0 Å². The van der Waals surface area contributed by atoms with Gasteiger partial charge in [0.25, 0.3) is 0 Å². The van der Waals surface area contributed by atoms with E-state index in [1.165, 1.54) is 10.8 Å². The van der Waals surface area contributed by atoms with Gasteiger partial charge in [0.05, 0.1) is 5.69 Å². The van der Waals surface area contributed by atoms with Crippen LogP contribution in [0.25, 0.3) is 16.3 Å². The lowest BCUT2D eigenvalue weighted by Crippen LogP contribution is -1.87. The molecule has 0 bridgehead atoms. The lowest BCUT2D eigenvalue weighted by atomic mass is 10.1. The van der Waals surface area contributed by atoms with Crippen LogP contribution in [0.2, 0.25) is 0 Å². The second kappa shape index (κ2) is 4.61. The van der Waals surface area contributed by atoms with Crippen LogP contribution < -0.4 is 0 Å². The molecule has 16 heavy (non-hydrogen) atoms. The average molecular weight is 207 g/mol. The zero-order valence-electron chi connectivity index (χ0n) is 9.27. The van der Waals surface area contributed by atoms with Gasteiger partial charge in [0, 0.05) is 11.6 Å². The Labute approximate surface area is 95.5 Å². The normalized spacial score (nSPS) is 11.2. The minimum atomic E-state index is 1.02. The van der Waals surface area contributed by atoms with E-state index in [1.807, 2.05) is 37.4 Å². The van der Waals surface area contributed by atoms with E-state index in [2.05, 4.69) is 29.4 Å². The Bertz CT molecular complexity index is 582. The lowest BCUT2D eigenvalue weighted by Gasteiger charge is -2.04. The van der Waals surface area contributed by atoms with E-state index in [0.717, 1.165) is 11.3 Å². The Morgan fingerprint density at radius 3 is 2.94 bits per heavy atom. The lowest BCUT2D eigenvalue weighted by molar-refractivity contribution is 1.30. The minimum absolute atomic E-state index is 1.02. The van der Waals surface area contributed by atoms with Crippen LogP contribution in [0.5, 0.6) is 0 Å². The molecule has 0 N–H and O–H groups in total. The van der Waals surface area contributed by atoms with Crippen molar-refractivity contribution in [2.75, 3.05) is 0 Å². The summed E-state index contributed by atoms with van der Waals surface area (Å²) in [6.07, 6.45) is 5.62. The summed E-state index contributed by atoms with van der Waals surface area (Å²) in [5.74, 6) is 0. The van der Waals surface area contributed by atoms with E-state index in [4.69, 9.17) is 0 Å². The Morgan fingerprint density at radius 2 is 2.12 bits per heavy atom. The molecule has 0 fully saturated rings. The molecule has 0 aliphatic carbocycles. The number of aromatic nitrogens is 1.